The van der Waals surface area contributed by atoms with Crippen LogP contribution in [0.3, 0.4) is 0 Å². The van der Waals surface area contributed by atoms with Crippen LogP contribution in [-0.4, -0.2) is 11.7 Å². The van der Waals surface area contributed by atoms with Gasteiger partial charge in [0.15, 0.2) is 0 Å². The third-order valence-corrected chi connectivity index (χ3v) is 2.15. The lowest BCUT2D eigenvalue weighted by Gasteiger charge is -2.07. The molecule has 0 aliphatic rings. The van der Waals surface area contributed by atoms with E-state index >= 15 is 0 Å². The van der Waals surface area contributed by atoms with Crippen molar-refractivity contribution in [2.45, 2.75) is 19.8 Å². The minimum Gasteiger partial charge on any atom is -0.507 e. The fraction of sp³-hybridized carbons (Fsp3) is 0.333. The summed E-state index contributed by atoms with van der Waals surface area (Å²) >= 11 is 0. The van der Waals surface area contributed by atoms with Crippen LogP contribution in [0.5, 0.6) is 5.75 Å². The maximum atomic E-state index is 9.55. The van der Waals surface area contributed by atoms with E-state index in [0.29, 0.717) is 18.2 Å². The van der Waals surface area contributed by atoms with Gasteiger partial charge < -0.3 is 10.8 Å². The molecule has 3 N–H and O–H groups in total. The third kappa shape index (κ3) is 2.60. The third-order valence-electron chi connectivity index (χ3n) is 2.15. The fourth-order valence-electron chi connectivity index (χ4n) is 1.26. The summed E-state index contributed by atoms with van der Waals surface area (Å²) < 4.78 is 0. The maximum Gasteiger partial charge on any atom is 0.122 e. The molecule has 0 unspecified atom stereocenters. The molecule has 2 heteroatoms. The van der Waals surface area contributed by atoms with Crippen LogP contribution >= 0.6 is 0 Å². The van der Waals surface area contributed by atoms with E-state index in [4.69, 9.17) is 5.73 Å². The second-order valence-electron chi connectivity index (χ2n) is 3.61. The average molecular weight is 191 g/mol. The molecule has 76 valence electrons. The Morgan fingerprint density at radius 3 is 2.71 bits per heavy atom. The molecule has 0 spiro atoms. The Balaban J connectivity index is 3.02. The first kappa shape index (κ1) is 10.8. The summed E-state index contributed by atoms with van der Waals surface area (Å²) in [6, 6.07) is 5.66. The molecule has 2 nitrogen and oxygen atoms in total. The van der Waals surface area contributed by atoms with Crippen molar-refractivity contribution < 1.29 is 5.11 Å². The number of phenolic OH excluding ortho intramolecular Hbond substituents is 1. The maximum absolute atomic E-state index is 9.55. The highest BCUT2D eigenvalue weighted by Gasteiger charge is 2.02. The fourth-order valence-corrected chi connectivity index (χ4v) is 1.26. The van der Waals surface area contributed by atoms with Gasteiger partial charge in [-0.1, -0.05) is 32.1 Å². The molecule has 0 radical (unpaired) electrons. The predicted octanol–water partition coefficient (Wildman–Crippen LogP) is 2.49. The number of phenols is 1. The Kier molecular flexibility index (Phi) is 3.72. The van der Waals surface area contributed by atoms with Crippen molar-refractivity contribution in [2.75, 3.05) is 6.54 Å². The van der Waals surface area contributed by atoms with Gasteiger partial charge in [0.25, 0.3) is 0 Å². The van der Waals surface area contributed by atoms with Crippen molar-refractivity contribution in [2.24, 2.45) is 5.73 Å². The SMILES string of the molecule is CC(C)c1ccc(O)c(/C=C/CN)c1. The number of nitrogens with two attached hydrogens (primary N) is 1. The van der Waals surface area contributed by atoms with E-state index in [9.17, 15) is 5.11 Å². The highest BCUT2D eigenvalue weighted by Crippen LogP contribution is 2.24. The molecule has 0 atom stereocenters. The number of benzene rings is 1. The van der Waals surface area contributed by atoms with E-state index in [1.54, 1.807) is 6.07 Å². The lowest BCUT2D eigenvalue weighted by atomic mass is 10.00. The molecule has 1 rings (SSSR count). The quantitative estimate of drug-likeness (QED) is 0.771. The largest absolute Gasteiger partial charge is 0.507 e. The zero-order chi connectivity index (χ0) is 10.6. The van der Waals surface area contributed by atoms with Crippen LogP contribution in [0.1, 0.15) is 30.9 Å². The van der Waals surface area contributed by atoms with E-state index in [-0.39, 0.29) is 0 Å². The van der Waals surface area contributed by atoms with Gasteiger partial charge in [0.05, 0.1) is 0 Å². The zero-order valence-electron chi connectivity index (χ0n) is 8.70. The van der Waals surface area contributed by atoms with Crippen molar-refractivity contribution in [1.82, 2.24) is 0 Å². The van der Waals surface area contributed by atoms with Crippen LogP contribution in [-0.2, 0) is 0 Å². The molecule has 0 bridgehead atoms. The van der Waals surface area contributed by atoms with Gasteiger partial charge in [-0.05, 0) is 23.6 Å². The van der Waals surface area contributed by atoms with Gasteiger partial charge in [0, 0.05) is 12.1 Å². The highest BCUT2D eigenvalue weighted by molar-refractivity contribution is 5.58. The summed E-state index contributed by atoms with van der Waals surface area (Å²) in [6.45, 7) is 4.75. The smallest absolute Gasteiger partial charge is 0.122 e. The summed E-state index contributed by atoms with van der Waals surface area (Å²) in [4.78, 5) is 0. The Morgan fingerprint density at radius 1 is 1.43 bits per heavy atom. The molecule has 0 aromatic heterocycles. The van der Waals surface area contributed by atoms with Crippen LogP contribution < -0.4 is 5.73 Å². The van der Waals surface area contributed by atoms with Crippen molar-refractivity contribution >= 4 is 6.08 Å². The van der Waals surface area contributed by atoms with Gasteiger partial charge in [-0.15, -0.1) is 0 Å². The monoisotopic (exact) mass is 191 g/mol. The van der Waals surface area contributed by atoms with Gasteiger partial charge in [0.2, 0.25) is 0 Å². The predicted molar refractivity (Wildman–Crippen MR) is 60.3 cm³/mol. The van der Waals surface area contributed by atoms with Crippen LogP contribution in [0.2, 0.25) is 0 Å². The van der Waals surface area contributed by atoms with Crippen molar-refractivity contribution in [3.63, 3.8) is 0 Å². The van der Waals surface area contributed by atoms with Crippen LogP contribution in [0.15, 0.2) is 24.3 Å². The van der Waals surface area contributed by atoms with E-state index in [2.05, 4.69) is 13.8 Å². The minimum absolute atomic E-state index is 0.305. The summed E-state index contributed by atoms with van der Waals surface area (Å²) in [5.41, 5.74) is 7.41. The molecule has 0 saturated carbocycles. The minimum atomic E-state index is 0.305. The molecular weight excluding hydrogens is 174 g/mol. The molecule has 1 aromatic rings. The van der Waals surface area contributed by atoms with Crippen molar-refractivity contribution in [3.8, 4) is 5.75 Å². The first-order chi connectivity index (χ1) is 6.65. The first-order valence-corrected chi connectivity index (χ1v) is 4.84. The number of aromatic hydroxyl groups is 1. The second kappa shape index (κ2) is 4.82. The van der Waals surface area contributed by atoms with Gasteiger partial charge in [-0.3, -0.25) is 0 Å². The van der Waals surface area contributed by atoms with Crippen LogP contribution in [0.4, 0.5) is 0 Å². The summed E-state index contributed by atoms with van der Waals surface area (Å²) in [5, 5.41) is 9.55. The number of hydrogen-bond donors (Lipinski definition) is 2. The summed E-state index contributed by atoms with van der Waals surface area (Å²) in [5.74, 6) is 0.778. The Hall–Kier alpha value is -1.28. The molecule has 0 amide bonds. The molecule has 0 aliphatic carbocycles. The Labute approximate surface area is 85.1 Å². The standard InChI is InChI=1S/C12H17NO/c1-9(2)10-5-6-12(14)11(8-10)4-3-7-13/h3-6,8-9,14H,7,13H2,1-2H3/b4-3+. The molecule has 14 heavy (non-hydrogen) atoms. The van der Waals surface area contributed by atoms with Gasteiger partial charge in [-0.2, -0.15) is 0 Å². The summed E-state index contributed by atoms with van der Waals surface area (Å²) in [6.07, 6.45) is 3.68. The normalized spacial score (nSPS) is 11.4. The lowest BCUT2D eigenvalue weighted by Crippen LogP contribution is -1.92. The van der Waals surface area contributed by atoms with E-state index < -0.39 is 0 Å². The second-order valence-corrected chi connectivity index (χ2v) is 3.61. The molecule has 0 saturated heterocycles. The Bertz CT molecular complexity index is 329. The number of rotatable bonds is 3. The van der Waals surface area contributed by atoms with Crippen LogP contribution in [0, 0.1) is 0 Å². The lowest BCUT2D eigenvalue weighted by molar-refractivity contribution is 0.473. The average Bonchev–Trinajstić information content (AvgIpc) is 2.16. The molecular formula is C12H17NO. The molecule has 1 aromatic carbocycles. The van der Waals surface area contributed by atoms with Crippen molar-refractivity contribution in [1.29, 1.82) is 0 Å². The molecule has 0 aliphatic heterocycles. The van der Waals surface area contributed by atoms with Gasteiger partial charge >= 0.3 is 0 Å². The summed E-state index contributed by atoms with van der Waals surface area (Å²) in [7, 11) is 0. The van der Waals surface area contributed by atoms with Gasteiger partial charge in [-0.25, -0.2) is 0 Å². The zero-order valence-corrected chi connectivity index (χ0v) is 8.70. The van der Waals surface area contributed by atoms with Gasteiger partial charge in [0.1, 0.15) is 5.75 Å². The number of hydrogen-bond acceptors (Lipinski definition) is 2. The topological polar surface area (TPSA) is 46.2 Å². The Morgan fingerprint density at radius 2 is 2.14 bits per heavy atom. The van der Waals surface area contributed by atoms with Crippen LogP contribution in [0.25, 0.3) is 6.08 Å². The van der Waals surface area contributed by atoms with E-state index in [0.717, 1.165) is 5.56 Å². The molecule has 0 fully saturated rings. The highest BCUT2D eigenvalue weighted by atomic mass is 16.3. The molecule has 0 heterocycles. The first-order valence-electron chi connectivity index (χ1n) is 4.84. The van der Waals surface area contributed by atoms with E-state index in [1.807, 2.05) is 24.3 Å². The van der Waals surface area contributed by atoms with E-state index in [1.165, 1.54) is 5.56 Å². The van der Waals surface area contributed by atoms with Crippen molar-refractivity contribution in [3.05, 3.63) is 35.4 Å².